The maximum atomic E-state index is 13.1. The molecule has 0 bridgehead atoms. The van der Waals surface area contributed by atoms with E-state index < -0.39 is 6.04 Å². The summed E-state index contributed by atoms with van der Waals surface area (Å²) in [6, 6.07) is 12.2. The van der Waals surface area contributed by atoms with Crippen LogP contribution in [0.1, 0.15) is 28.8 Å². The van der Waals surface area contributed by atoms with Crippen LogP contribution in [0.2, 0.25) is 5.02 Å². The number of likely N-dealkylation sites (N-methyl/N-ethyl adjacent to an activating group) is 1. The second kappa shape index (κ2) is 8.01. The molecule has 1 aliphatic rings. The van der Waals surface area contributed by atoms with Gasteiger partial charge in [0.2, 0.25) is 5.91 Å². The van der Waals surface area contributed by atoms with Crippen molar-refractivity contribution in [3.05, 3.63) is 58.6 Å². The van der Waals surface area contributed by atoms with Gasteiger partial charge in [-0.05, 0) is 55.7 Å². The molecule has 2 aromatic rings. The van der Waals surface area contributed by atoms with Gasteiger partial charge in [0, 0.05) is 24.3 Å². The summed E-state index contributed by atoms with van der Waals surface area (Å²) in [4.78, 5) is 29.5. The minimum absolute atomic E-state index is 0.0903. The number of nitrogens with zero attached hydrogens (tertiary/aromatic N) is 2. The Hall–Kier alpha value is -2.53. The lowest BCUT2D eigenvalue weighted by Gasteiger charge is -2.28. The third-order valence-corrected chi connectivity index (χ3v) is 5.15. The molecular weight excluding hydrogens is 364 g/mol. The third kappa shape index (κ3) is 3.93. The predicted molar refractivity (Wildman–Crippen MR) is 107 cm³/mol. The zero-order valence-electron chi connectivity index (χ0n) is 15.7. The second-order valence-electron chi connectivity index (χ2n) is 6.74. The maximum Gasteiger partial charge on any atom is 0.258 e. The van der Waals surface area contributed by atoms with Gasteiger partial charge >= 0.3 is 0 Å². The summed E-state index contributed by atoms with van der Waals surface area (Å²) in [6.45, 7) is 2.52. The highest BCUT2D eigenvalue weighted by atomic mass is 35.5. The van der Waals surface area contributed by atoms with Crippen molar-refractivity contribution in [2.24, 2.45) is 0 Å². The zero-order chi connectivity index (χ0) is 19.6. The summed E-state index contributed by atoms with van der Waals surface area (Å²) in [6.07, 6.45) is 1.43. The molecule has 0 N–H and O–H groups in total. The Morgan fingerprint density at radius 3 is 2.70 bits per heavy atom. The topological polar surface area (TPSA) is 49.9 Å². The molecule has 0 radical (unpaired) electrons. The van der Waals surface area contributed by atoms with E-state index in [0.29, 0.717) is 29.3 Å². The number of anilines is 1. The van der Waals surface area contributed by atoms with Crippen molar-refractivity contribution in [2.75, 3.05) is 25.6 Å². The average Bonchev–Trinajstić information content (AvgIpc) is 3.16. The quantitative estimate of drug-likeness (QED) is 0.800. The Kier molecular flexibility index (Phi) is 5.71. The van der Waals surface area contributed by atoms with Crippen LogP contribution in [0.5, 0.6) is 5.75 Å². The summed E-state index contributed by atoms with van der Waals surface area (Å²) in [5.74, 6) is 0.129. The molecule has 5 nitrogen and oxygen atoms in total. The highest BCUT2D eigenvalue weighted by molar-refractivity contribution is 6.31. The van der Waals surface area contributed by atoms with Gasteiger partial charge in [0.05, 0.1) is 12.7 Å². The highest BCUT2D eigenvalue weighted by Gasteiger charge is 2.37. The fourth-order valence-corrected chi connectivity index (χ4v) is 3.63. The molecule has 0 aromatic heterocycles. The number of methoxy groups -OCH3 is 1. The molecule has 27 heavy (non-hydrogen) atoms. The number of benzene rings is 2. The molecule has 1 atom stereocenters. The smallest absolute Gasteiger partial charge is 0.258 e. The summed E-state index contributed by atoms with van der Waals surface area (Å²) >= 11 is 6.07. The van der Waals surface area contributed by atoms with Crippen molar-refractivity contribution >= 4 is 29.1 Å². The minimum Gasteiger partial charge on any atom is -0.496 e. The van der Waals surface area contributed by atoms with Gasteiger partial charge in [-0.1, -0.05) is 23.7 Å². The molecule has 1 saturated heterocycles. The lowest BCUT2D eigenvalue weighted by molar-refractivity contribution is -0.121. The molecule has 0 aliphatic carbocycles. The van der Waals surface area contributed by atoms with Gasteiger partial charge in [-0.15, -0.1) is 0 Å². The molecule has 0 spiro atoms. The summed E-state index contributed by atoms with van der Waals surface area (Å²) in [5, 5.41) is 0.457. The maximum absolute atomic E-state index is 13.1. The third-order valence-electron chi connectivity index (χ3n) is 4.91. The molecular formula is C21H23ClN2O3. The van der Waals surface area contributed by atoms with Gasteiger partial charge in [-0.2, -0.15) is 0 Å². The lowest BCUT2D eigenvalue weighted by atomic mass is 10.1. The number of carbonyl (C=O) groups excluding carboxylic acids is 2. The van der Waals surface area contributed by atoms with E-state index in [0.717, 1.165) is 17.7 Å². The van der Waals surface area contributed by atoms with Crippen LogP contribution in [0.4, 0.5) is 5.69 Å². The molecule has 2 amide bonds. The van der Waals surface area contributed by atoms with Gasteiger partial charge in [-0.3, -0.25) is 9.59 Å². The molecule has 1 aliphatic heterocycles. The van der Waals surface area contributed by atoms with Gasteiger partial charge in [0.15, 0.2) is 0 Å². The van der Waals surface area contributed by atoms with E-state index >= 15 is 0 Å². The van der Waals surface area contributed by atoms with Crippen molar-refractivity contribution in [2.45, 2.75) is 25.8 Å². The van der Waals surface area contributed by atoms with Crippen molar-refractivity contribution in [3.63, 3.8) is 0 Å². The Balaban J connectivity index is 1.86. The molecule has 6 heteroatoms. The molecule has 0 saturated carbocycles. The Bertz CT molecular complexity index is 868. The normalized spacial score (nSPS) is 16.3. The SMILES string of the molecule is COc1ccc(Cl)cc1C(=O)N1CCCC1C(=O)N(C)c1cccc(C)c1. The average molecular weight is 387 g/mol. The fraction of sp³-hybridized carbons (Fsp3) is 0.333. The number of aryl methyl sites for hydroxylation is 1. The van der Waals surface area contributed by atoms with Crippen molar-refractivity contribution in [3.8, 4) is 5.75 Å². The second-order valence-corrected chi connectivity index (χ2v) is 7.17. The van der Waals surface area contributed by atoms with Crippen LogP contribution in [0.3, 0.4) is 0 Å². The molecule has 2 aromatic carbocycles. The van der Waals surface area contributed by atoms with Crippen LogP contribution in [-0.4, -0.2) is 43.5 Å². The lowest BCUT2D eigenvalue weighted by Crippen LogP contribution is -2.46. The fourth-order valence-electron chi connectivity index (χ4n) is 3.46. The zero-order valence-corrected chi connectivity index (χ0v) is 16.5. The number of likely N-dealkylation sites (tertiary alicyclic amines) is 1. The van der Waals surface area contributed by atoms with Gasteiger partial charge in [-0.25, -0.2) is 0 Å². The number of carbonyl (C=O) groups is 2. The number of halogens is 1. The van der Waals surface area contributed by atoms with Crippen LogP contribution in [0.15, 0.2) is 42.5 Å². The Morgan fingerprint density at radius 2 is 2.00 bits per heavy atom. The number of hydrogen-bond acceptors (Lipinski definition) is 3. The molecule has 1 unspecified atom stereocenters. The number of rotatable bonds is 4. The van der Waals surface area contributed by atoms with Crippen molar-refractivity contribution in [1.29, 1.82) is 0 Å². The van der Waals surface area contributed by atoms with Gasteiger partial charge in [0.25, 0.3) is 5.91 Å². The van der Waals surface area contributed by atoms with Crippen LogP contribution in [-0.2, 0) is 4.79 Å². The number of ether oxygens (including phenoxy) is 1. The first-order chi connectivity index (χ1) is 12.9. The van der Waals surface area contributed by atoms with E-state index in [1.807, 2.05) is 31.2 Å². The highest BCUT2D eigenvalue weighted by Crippen LogP contribution is 2.29. The Labute approximate surface area is 164 Å². The van der Waals surface area contributed by atoms with Crippen LogP contribution in [0, 0.1) is 6.92 Å². The first-order valence-electron chi connectivity index (χ1n) is 8.91. The monoisotopic (exact) mass is 386 g/mol. The van der Waals surface area contributed by atoms with E-state index in [-0.39, 0.29) is 11.8 Å². The van der Waals surface area contributed by atoms with Gasteiger partial charge < -0.3 is 14.5 Å². The number of amides is 2. The number of hydrogen-bond donors (Lipinski definition) is 0. The van der Waals surface area contributed by atoms with E-state index in [9.17, 15) is 9.59 Å². The first kappa shape index (κ1) is 19.2. The summed E-state index contributed by atoms with van der Waals surface area (Å²) < 4.78 is 5.31. The molecule has 142 valence electrons. The standard InChI is InChI=1S/C21H23ClN2O3/c1-14-6-4-7-16(12-14)23(2)21(26)18-8-5-11-24(18)20(25)17-13-15(22)9-10-19(17)27-3/h4,6-7,9-10,12-13,18H,5,8,11H2,1-3H3. The van der Waals surface area contributed by atoms with Crippen LogP contribution in [0.25, 0.3) is 0 Å². The first-order valence-corrected chi connectivity index (χ1v) is 9.29. The minimum atomic E-state index is -0.494. The largest absolute Gasteiger partial charge is 0.496 e. The van der Waals surface area contributed by atoms with E-state index in [2.05, 4.69) is 0 Å². The summed E-state index contributed by atoms with van der Waals surface area (Å²) in [7, 11) is 3.26. The van der Waals surface area contributed by atoms with Crippen LogP contribution >= 0.6 is 11.6 Å². The van der Waals surface area contributed by atoms with Crippen LogP contribution < -0.4 is 9.64 Å². The predicted octanol–water partition coefficient (Wildman–Crippen LogP) is 3.92. The summed E-state index contributed by atoms with van der Waals surface area (Å²) in [5.41, 5.74) is 2.28. The Morgan fingerprint density at radius 1 is 1.22 bits per heavy atom. The molecule has 3 rings (SSSR count). The molecule has 1 fully saturated rings. The van der Waals surface area contributed by atoms with Crippen molar-refractivity contribution < 1.29 is 14.3 Å². The van der Waals surface area contributed by atoms with E-state index in [4.69, 9.17) is 16.3 Å². The van der Waals surface area contributed by atoms with Gasteiger partial charge in [0.1, 0.15) is 11.8 Å². The van der Waals surface area contributed by atoms with E-state index in [1.165, 1.54) is 7.11 Å². The molecule has 1 heterocycles. The van der Waals surface area contributed by atoms with E-state index in [1.54, 1.807) is 35.0 Å². The van der Waals surface area contributed by atoms with Crippen molar-refractivity contribution in [1.82, 2.24) is 4.90 Å².